The molecule has 1 aromatic rings. The molecule has 0 heterocycles. The molecule has 0 saturated carbocycles. The summed E-state index contributed by atoms with van der Waals surface area (Å²) in [5, 5.41) is 2.81. The fraction of sp³-hybridized carbons (Fsp3) is 0.538. The maximum atomic E-state index is 13.9. The molecule has 0 aliphatic heterocycles. The first-order valence-corrected chi connectivity index (χ1v) is 7.74. The fourth-order valence-corrected chi connectivity index (χ4v) is 2.67. The van der Waals surface area contributed by atoms with Crippen molar-refractivity contribution in [3.63, 3.8) is 0 Å². The zero-order chi connectivity index (χ0) is 15.0. The number of rotatable bonds is 4. The van der Waals surface area contributed by atoms with Crippen LogP contribution in [0.1, 0.15) is 31.0 Å². The molecular weight excluding hydrogens is 272 g/mol. The highest BCUT2D eigenvalue weighted by atomic mass is 32.2. The van der Waals surface area contributed by atoms with Crippen molar-refractivity contribution in [1.82, 2.24) is 5.32 Å². The molecule has 3 nitrogen and oxygen atoms in total. The van der Waals surface area contributed by atoms with Gasteiger partial charge in [-0.3, -0.25) is 0 Å². The van der Waals surface area contributed by atoms with Crippen molar-refractivity contribution >= 4 is 9.84 Å². The van der Waals surface area contributed by atoms with Crippen LogP contribution in [0.25, 0.3) is 0 Å². The van der Waals surface area contributed by atoms with Crippen LogP contribution in [-0.2, 0) is 9.84 Å². The molecule has 1 atom stereocenters. The van der Waals surface area contributed by atoms with Crippen molar-refractivity contribution in [1.29, 1.82) is 0 Å². The third-order valence-corrected chi connectivity index (χ3v) is 5.68. The summed E-state index contributed by atoms with van der Waals surface area (Å²) in [7, 11) is -1.87. The van der Waals surface area contributed by atoms with Gasteiger partial charge >= 0.3 is 0 Å². The zero-order valence-electron chi connectivity index (χ0n) is 11.7. The van der Waals surface area contributed by atoms with Gasteiger partial charge < -0.3 is 5.32 Å². The van der Waals surface area contributed by atoms with E-state index in [9.17, 15) is 17.2 Å². The molecule has 108 valence electrons. The van der Waals surface area contributed by atoms with E-state index in [0.29, 0.717) is 0 Å². The lowest BCUT2D eigenvalue weighted by molar-refractivity contribution is 0.428. The van der Waals surface area contributed by atoms with Gasteiger partial charge in [0.25, 0.3) is 0 Å². The zero-order valence-corrected chi connectivity index (χ0v) is 12.5. The van der Waals surface area contributed by atoms with E-state index >= 15 is 0 Å². The highest BCUT2D eigenvalue weighted by Crippen LogP contribution is 2.34. The maximum Gasteiger partial charge on any atom is 0.154 e. The minimum absolute atomic E-state index is 0.150. The largest absolute Gasteiger partial charge is 0.312 e. The summed E-state index contributed by atoms with van der Waals surface area (Å²) in [6, 6.07) is 1.37. The number of sulfone groups is 1. The van der Waals surface area contributed by atoms with Gasteiger partial charge in [0.2, 0.25) is 0 Å². The molecule has 0 amide bonds. The Morgan fingerprint density at radius 2 is 1.74 bits per heavy atom. The lowest BCUT2D eigenvalue weighted by atomic mass is 9.93. The Bertz CT molecular complexity index is 583. The van der Waals surface area contributed by atoms with Gasteiger partial charge in [0.1, 0.15) is 11.6 Å². The third kappa shape index (κ3) is 2.95. The molecule has 1 aromatic carbocycles. The molecule has 19 heavy (non-hydrogen) atoms. The first-order chi connectivity index (χ1) is 8.52. The van der Waals surface area contributed by atoms with E-state index in [4.69, 9.17) is 0 Å². The van der Waals surface area contributed by atoms with Crippen LogP contribution in [0.15, 0.2) is 12.1 Å². The summed E-state index contributed by atoms with van der Waals surface area (Å²) in [6.07, 6.45) is 1.10. The molecule has 1 rings (SSSR count). The summed E-state index contributed by atoms with van der Waals surface area (Å²) in [5.41, 5.74) is 0.428. The Labute approximate surface area is 112 Å². The summed E-state index contributed by atoms with van der Waals surface area (Å²) >= 11 is 0. The first-order valence-electron chi connectivity index (χ1n) is 5.84. The summed E-state index contributed by atoms with van der Waals surface area (Å²) < 4.78 is 49.7. The Balaban J connectivity index is 3.45. The number of halogens is 2. The molecule has 0 saturated heterocycles. The lowest BCUT2D eigenvalue weighted by Gasteiger charge is -2.33. The van der Waals surface area contributed by atoms with Crippen LogP contribution < -0.4 is 5.32 Å². The second-order valence-corrected chi connectivity index (χ2v) is 7.82. The van der Waals surface area contributed by atoms with E-state index < -0.39 is 32.3 Å². The summed E-state index contributed by atoms with van der Waals surface area (Å²) in [6.45, 7) is 4.54. The molecule has 0 aromatic heterocycles. The second-order valence-electron chi connectivity index (χ2n) is 5.22. The third-order valence-electron chi connectivity index (χ3n) is 3.53. The van der Waals surface area contributed by atoms with Crippen LogP contribution in [0.2, 0.25) is 0 Å². The van der Waals surface area contributed by atoms with E-state index in [2.05, 4.69) is 5.32 Å². The molecule has 1 unspecified atom stereocenters. The van der Waals surface area contributed by atoms with Gasteiger partial charge in [-0.25, -0.2) is 17.2 Å². The van der Waals surface area contributed by atoms with E-state index in [-0.39, 0.29) is 11.1 Å². The van der Waals surface area contributed by atoms with Gasteiger partial charge in [0, 0.05) is 17.9 Å². The molecule has 0 radical (unpaired) electrons. The van der Waals surface area contributed by atoms with Crippen molar-refractivity contribution in [2.45, 2.75) is 31.6 Å². The maximum absolute atomic E-state index is 13.9. The topological polar surface area (TPSA) is 46.2 Å². The standard InChI is InChI=1S/C13H19F2NO2S/c1-8-6-9(11(15)7-10(8)14)12(16-4)13(2,3)19(5,17)18/h6-7,12,16H,1-5H3. The average molecular weight is 291 g/mol. The number of hydrogen-bond donors (Lipinski definition) is 1. The van der Waals surface area contributed by atoms with Gasteiger partial charge in [0.05, 0.1) is 10.8 Å². The molecular formula is C13H19F2NO2S. The quantitative estimate of drug-likeness (QED) is 0.926. The van der Waals surface area contributed by atoms with Gasteiger partial charge in [-0.1, -0.05) is 0 Å². The van der Waals surface area contributed by atoms with Gasteiger partial charge in [-0.2, -0.15) is 0 Å². The van der Waals surface area contributed by atoms with Crippen molar-refractivity contribution in [3.8, 4) is 0 Å². The predicted octanol–water partition coefficient (Wildman–Crippen LogP) is 2.36. The number of aryl methyl sites for hydroxylation is 1. The Kier molecular flexibility index (Phi) is 4.37. The van der Waals surface area contributed by atoms with Crippen LogP contribution in [0.4, 0.5) is 8.78 Å². The molecule has 6 heteroatoms. The van der Waals surface area contributed by atoms with Crippen LogP contribution >= 0.6 is 0 Å². The van der Waals surface area contributed by atoms with Crippen molar-refractivity contribution in [2.24, 2.45) is 0 Å². The molecule has 1 N–H and O–H groups in total. The van der Waals surface area contributed by atoms with E-state index in [1.165, 1.54) is 26.8 Å². The number of hydrogen-bond acceptors (Lipinski definition) is 3. The van der Waals surface area contributed by atoms with Gasteiger partial charge in [-0.15, -0.1) is 0 Å². The van der Waals surface area contributed by atoms with Gasteiger partial charge in [0.15, 0.2) is 9.84 Å². The molecule has 0 aliphatic rings. The average Bonchev–Trinajstić information content (AvgIpc) is 2.24. The highest BCUT2D eigenvalue weighted by Gasteiger charge is 2.40. The summed E-state index contributed by atoms with van der Waals surface area (Å²) in [5.74, 6) is -1.40. The predicted molar refractivity (Wildman–Crippen MR) is 71.8 cm³/mol. The van der Waals surface area contributed by atoms with Crippen LogP contribution in [0, 0.1) is 18.6 Å². The monoisotopic (exact) mass is 291 g/mol. The minimum atomic E-state index is -3.42. The molecule has 0 aliphatic carbocycles. The fourth-order valence-electron chi connectivity index (χ4n) is 1.99. The van der Waals surface area contributed by atoms with Crippen LogP contribution in [0.5, 0.6) is 0 Å². The second kappa shape index (κ2) is 5.17. The van der Waals surface area contributed by atoms with Crippen LogP contribution in [0.3, 0.4) is 0 Å². The van der Waals surface area contributed by atoms with Crippen molar-refractivity contribution < 1.29 is 17.2 Å². The first kappa shape index (κ1) is 16.0. The van der Waals surface area contributed by atoms with E-state index in [1.54, 1.807) is 7.05 Å². The normalized spacial score (nSPS) is 14.5. The molecule has 0 fully saturated rings. The minimum Gasteiger partial charge on any atom is -0.312 e. The Morgan fingerprint density at radius 1 is 1.21 bits per heavy atom. The van der Waals surface area contributed by atoms with E-state index in [1.807, 2.05) is 0 Å². The lowest BCUT2D eigenvalue weighted by Crippen LogP contribution is -2.44. The highest BCUT2D eigenvalue weighted by molar-refractivity contribution is 7.92. The van der Waals surface area contributed by atoms with Crippen molar-refractivity contribution in [3.05, 3.63) is 34.9 Å². The Morgan fingerprint density at radius 3 is 2.16 bits per heavy atom. The smallest absolute Gasteiger partial charge is 0.154 e. The van der Waals surface area contributed by atoms with Gasteiger partial charge in [-0.05, 0) is 39.4 Å². The Hall–Kier alpha value is -1.01. The van der Waals surface area contributed by atoms with Crippen LogP contribution in [-0.4, -0.2) is 26.5 Å². The van der Waals surface area contributed by atoms with E-state index in [0.717, 1.165) is 12.3 Å². The number of benzene rings is 1. The number of nitrogens with one attached hydrogen (secondary N) is 1. The molecule has 0 spiro atoms. The molecule has 0 bridgehead atoms. The van der Waals surface area contributed by atoms with Crippen molar-refractivity contribution in [2.75, 3.05) is 13.3 Å². The SMILES string of the molecule is CNC(c1cc(C)c(F)cc1F)C(C)(C)S(C)(=O)=O. The summed E-state index contributed by atoms with van der Waals surface area (Å²) in [4.78, 5) is 0.